The normalized spacial score (nSPS) is 10.9. The van der Waals surface area contributed by atoms with Crippen molar-refractivity contribution in [3.05, 3.63) is 80.9 Å². The summed E-state index contributed by atoms with van der Waals surface area (Å²) in [6, 6.07) is 16.2. The average Bonchev–Trinajstić information content (AvgIpc) is 3.25. The molecule has 0 saturated heterocycles. The van der Waals surface area contributed by atoms with Crippen LogP contribution in [0.1, 0.15) is 5.56 Å². The molecule has 0 saturated carbocycles. The van der Waals surface area contributed by atoms with Crippen LogP contribution < -0.4 is 15.6 Å². The Bertz CT molecular complexity index is 1270. The highest BCUT2D eigenvalue weighted by molar-refractivity contribution is 7.99. The maximum absolute atomic E-state index is 13.1. The summed E-state index contributed by atoms with van der Waals surface area (Å²) >= 11 is 8.48. The number of amides is 1. The number of thiophene rings is 1. The first kappa shape index (κ1) is 21.4. The van der Waals surface area contributed by atoms with E-state index in [-0.39, 0.29) is 17.2 Å². The third-order valence-electron chi connectivity index (χ3n) is 4.49. The first-order valence-corrected chi connectivity index (χ1v) is 11.6. The van der Waals surface area contributed by atoms with E-state index < -0.39 is 0 Å². The van der Waals surface area contributed by atoms with E-state index in [1.165, 1.54) is 23.1 Å². The Morgan fingerprint density at radius 3 is 2.61 bits per heavy atom. The lowest BCUT2D eigenvalue weighted by atomic mass is 10.2. The van der Waals surface area contributed by atoms with Crippen molar-refractivity contribution >= 4 is 56.5 Å². The third kappa shape index (κ3) is 5.10. The van der Waals surface area contributed by atoms with Gasteiger partial charge in [0.1, 0.15) is 10.4 Å². The molecule has 0 fully saturated rings. The number of carbonyl (C=O) groups is 1. The Labute approximate surface area is 191 Å². The summed E-state index contributed by atoms with van der Waals surface area (Å²) in [5.74, 6) is 0.673. The largest absolute Gasteiger partial charge is 0.497 e. The number of hydrogen-bond acceptors (Lipinski definition) is 6. The lowest BCUT2D eigenvalue weighted by molar-refractivity contribution is -0.113. The van der Waals surface area contributed by atoms with Crippen LogP contribution in [0.3, 0.4) is 0 Å². The van der Waals surface area contributed by atoms with Gasteiger partial charge in [-0.3, -0.25) is 14.2 Å². The Kier molecular flexibility index (Phi) is 6.60. The molecule has 0 unspecified atom stereocenters. The molecule has 0 aliphatic heterocycles. The molecule has 2 aromatic heterocycles. The highest BCUT2D eigenvalue weighted by Gasteiger charge is 2.15. The van der Waals surface area contributed by atoms with Crippen LogP contribution in [-0.4, -0.2) is 28.3 Å². The van der Waals surface area contributed by atoms with E-state index >= 15 is 0 Å². The Balaban J connectivity index is 1.56. The van der Waals surface area contributed by atoms with Crippen molar-refractivity contribution < 1.29 is 9.53 Å². The molecule has 4 aromatic rings. The Morgan fingerprint density at radius 1 is 1.16 bits per heavy atom. The fourth-order valence-electron chi connectivity index (χ4n) is 2.95. The van der Waals surface area contributed by atoms with Gasteiger partial charge in [0, 0.05) is 10.7 Å². The summed E-state index contributed by atoms with van der Waals surface area (Å²) in [5.41, 5.74) is 2.12. The number of hydrogen-bond donors (Lipinski definition) is 1. The van der Waals surface area contributed by atoms with Crippen LogP contribution in [0.4, 0.5) is 5.69 Å². The van der Waals surface area contributed by atoms with Crippen molar-refractivity contribution in [1.29, 1.82) is 0 Å². The van der Waals surface area contributed by atoms with E-state index in [2.05, 4.69) is 10.3 Å². The Hall–Kier alpha value is -2.81. The van der Waals surface area contributed by atoms with Crippen LogP contribution >= 0.6 is 34.7 Å². The van der Waals surface area contributed by atoms with Crippen molar-refractivity contribution in [2.24, 2.45) is 0 Å². The quantitative estimate of drug-likeness (QED) is 0.306. The molecule has 1 N–H and O–H groups in total. The number of ether oxygens (including phenoxy) is 1. The van der Waals surface area contributed by atoms with Crippen molar-refractivity contribution in [1.82, 2.24) is 9.55 Å². The molecule has 0 radical (unpaired) electrons. The van der Waals surface area contributed by atoms with Crippen molar-refractivity contribution in [2.45, 2.75) is 11.7 Å². The predicted molar refractivity (Wildman–Crippen MR) is 127 cm³/mol. The van der Waals surface area contributed by atoms with Crippen LogP contribution in [-0.2, 0) is 11.3 Å². The second kappa shape index (κ2) is 9.55. The van der Waals surface area contributed by atoms with Crippen LogP contribution in [0.5, 0.6) is 5.75 Å². The molecule has 2 aromatic carbocycles. The van der Waals surface area contributed by atoms with Crippen molar-refractivity contribution in [3.8, 4) is 5.75 Å². The molecular formula is C22H18ClN3O3S2. The van der Waals surface area contributed by atoms with Gasteiger partial charge in [0.25, 0.3) is 5.56 Å². The average molecular weight is 472 g/mol. The van der Waals surface area contributed by atoms with Gasteiger partial charge in [-0.05, 0) is 53.4 Å². The van der Waals surface area contributed by atoms with Gasteiger partial charge in [0.05, 0.1) is 24.9 Å². The van der Waals surface area contributed by atoms with E-state index in [0.29, 0.717) is 32.6 Å². The number of carbonyl (C=O) groups excluding carboxylic acids is 1. The minimum absolute atomic E-state index is 0.114. The van der Waals surface area contributed by atoms with Crippen LogP contribution in [0.25, 0.3) is 10.2 Å². The van der Waals surface area contributed by atoms with Gasteiger partial charge in [-0.2, -0.15) is 0 Å². The van der Waals surface area contributed by atoms with Gasteiger partial charge in [-0.1, -0.05) is 35.5 Å². The smallest absolute Gasteiger partial charge is 0.272 e. The van der Waals surface area contributed by atoms with Gasteiger partial charge in [-0.25, -0.2) is 4.98 Å². The molecule has 31 heavy (non-hydrogen) atoms. The van der Waals surface area contributed by atoms with Crippen molar-refractivity contribution in [3.63, 3.8) is 0 Å². The highest BCUT2D eigenvalue weighted by Crippen LogP contribution is 2.23. The predicted octanol–water partition coefficient (Wildman–Crippen LogP) is 4.90. The topological polar surface area (TPSA) is 73.2 Å². The fraction of sp³-hybridized carbons (Fsp3) is 0.136. The SMILES string of the molecule is COc1ccc(Cn2c(SCC(=O)Nc3ccc(Cl)cc3)nc3ccsc3c2=O)cc1. The number of fused-ring (bicyclic) bond motifs is 1. The number of methoxy groups -OCH3 is 1. The second-order valence-corrected chi connectivity index (χ2v) is 8.91. The van der Waals surface area contributed by atoms with Crippen molar-refractivity contribution in [2.75, 3.05) is 18.2 Å². The monoisotopic (exact) mass is 471 g/mol. The molecule has 0 spiro atoms. The number of anilines is 1. The number of benzene rings is 2. The minimum Gasteiger partial charge on any atom is -0.497 e. The number of nitrogens with one attached hydrogen (secondary N) is 1. The standard InChI is InChI=1S/C22H18ClN3O3S2/c1-29-17-8-2-14(3-9-17)12-26-21(28)20-18(10-11-30-20)25-22(26)31-13-19(27)24-16-6-4-15(23)5-7-16/h2-11H,12-13H2,1H3,(H,24,27). The van der Waals surface area contributed by atoms with Gasteiger partial charge in [-0.15, -0.1) is 11.3 Å². The molecule has 9 heteroatoms. The lowest BCUT2D eigenvalue weighted by Gasteiger charge is -2.12. The van der Waals surface area contributed by atoms with E-state index in [4.69, 9.17) is 16.3 Å². The maximum Gasteiger partial charge on any atom is 0.272 e. The molecule has 0 atom stereocenters. The van der Waals surface area contributed by atoms with E-state index in [1.807, 2.05) is 35.7 Å². The van der Waals surface area contributed by atoms with E-state index in [0.717, 1.165) is 11.3 Å². The zero-order valence-electron chi connectivity index (χ0n) is 16.5. The number of thioether (sulfide) groups is 1. The first-order chi connectivity index (χ1) is 15.0. The first-order valence-electron chi connectivity index (χ1n) is 9.32. The van der Waals surface area contributed by atoms with Crippen LogP contribution in [0.15, 0.2) is 69.9 Å². The summed E-state index contributed by atoms with van der Waals surface area (Å²) < 4.78 is 7.41. The number of aromatic nitrogens is 2. The molecule has 158 valence electrons. The molecular weight excluding hydrogens is 454 g/mol. The molecule has 0 aliphatic carbocycles. The molecule has 6 nitrogen and oxygen atoms in total. The maximum atomic E-state index is 13.1. The molecule has 4 rings (SSSR count). The van der Waals surface area contributed by atoms with Gasteiger partial charge in [0.15, 0.2) is 5.16 Å². The lowest BCUT2D eigenvalue weighted by Crippen LogP contribution is -2.24. The number of nitrogens with zero attached hydrogens (tertiary/aromatic N) is 2. The Morgan fingerprint density at radius 2 is 1.90 bits per heavy atom. The van der Waals surface area contributed by atoms with Gasteiger partial charge >= 0.3 is 0 Å². The number of halogens is 1. The molecule has 0 aliphatic rings. The summed E-state index contributed by atoms with van der Waals surface area (Å²) in [6.45, 7) is 0.352. The summed E-state index contributed by atoms with van der Waals surface area (Å²) in [6.07, 6.45) is 0. The van der Waals surface area contributed by atoms with Crippen LogP contribution in [0, 0.1) is 0 Å². The van der Waals surface area contributed by atoms with Gasteiger partial charge in [0.2, 0.25) is 5.91 Å². The minimum atomic E-state index is -0.192. The van der Waals surface area contributed by atoms with Crippen LogP contribution in [0.2, 0.25) is 5.02 Å². The van der Waals surface area contributed by atoms with E-state index in [9.17, 15) is 9.59 Å². The molecule has 2 heterocycles. The fourth-order valence-corrected chi connectivity index (χ4v) is 4.65. The zero-order valence-corrected chi connectivity index (χ0v) is 18.9. The second-order valence-electron chi connectivity index (χ2n) is 6.61. The summed E-state index contributed by atoms with van der Waals surface area (Å²) in [7, 11) is 1.61. The van der Waals surface area contributed by atoms with E-state index in [1.54, 1.807) is 35.9 Å². The number of rotatable bonds is 7. The van der Waals surface area contributed by atoms with Gasteiger partial charge < -0.3 is 10.1 Å². The molecule has 1 amide bonds. The highest BCUT2D eigenvalue weighted by atomic mass is 35.5. The summed E-state index contributed by atoms with van der Waals surface area (Å²) in [4.78, 5) is 30.1. The zero-order chi connectivity index (χ0) is 21.8. The molecule has 0 bridgehead atoms. The third-order valence-corrected chi connectivity index (χ3v) is 6.61. The summed E-state index contributed by atoms with van der Waals surface area (Å²) in [5, 5.41) is 5.77.